The Morgan fingerprint density at radius 1 is 0.929 bits per heavy atom. The summed E-state index contributed by atoms with van der Waals surface area (Å²) < 4.78 is 32.9. The minimum atomic E-state index is -3.40. The van der Waals surface area contributed by atoms with Gasteiger partial charge in [-0.05, 0) is 66.6 Å². The van der Waals surface area contributed by atoms with Crippen molar-refractivity contribution in [1.82, 2.24) is 20.3 Å². The molecule has 0 saturated carbocycles. The second-order valence-corrected chi connectivity index (χ2v) is 12.7. The van der Waals surface area contributed by atoms with E-state index in [1.807, 2.05) is 85.8 Å². The molecule has 0 radical (unpaired) electrons. The monoisotopic (exact) mass is 579 g/mol. The second-order valence-electron chi connectivity index (χ2n) is 10.7. The van der Waals surface area contributed by atoms with E-state index in [0.29, 0.717) is 23.3 Å². The average Bonchev–Trinajstić information content (AvgIpc) is 3.00. The van der Waals surface area contributed by atoms with Crippen LogP contribution in [0, 0.1) is 6.92 Å². The Morgan fingerprint density at radius 3 is 2.55 bits per heavy atom. The standard InChI is InChI=1S/C33H33N5O3S/c1-23-19-25(22-42(39,40)21-24-9-3-2-4-10-24)27-12-5-6-13-28(27)31(23)41-32-29(14-8-17-35-32)30-15-18-36-33(38-30)37-26-11-7-16-34-20-26/h2-6,8-10,12-15,17-19,26,34H,7,11,16,20-22H2,1H3,(H,36,37,38)/t26-/m0/s1. The van der Waals surface area contributed by atoms with Gasteiger partial charge in [-0.3, -0.25) is 0 Å². The Labute approximate surface area is 246 Å². The summed E-state index contributed by atoms with van der Waals surface area (Å²) in [7, 11) is -3.40. The molecule has 0 amide bonds. The lowest BCUT2D eigenvalue weighted by molar-refractivity contribution is 0.466. The van der Waals surface area contributed by atoms with Crippen molar-refractivity contribution < 1.29 is 13.2 Å². The summed E-state index contributed by atoms with van der Waals surface area (Å²) in [6, 6.07) is 24.8. The largest absolute Gasteiger partial charge is 0.437 e. The molecule has 2 aromatic heterocycles. The highest BCUT2D eigenvalue weighted by molar-refractivity contribution is 7.89. The van der Waals surface area contributed by atoms with E-state index in [-0.39, 0.29) is 17.5 Å². The summed E-state index contributed by atoms with van der Waals surface area (Å²) in [6.45, 7) is 3.85. The zero-order valence-electron chi connectivity index (χ0n) is 23.5. The maximum Gasteiger partial charge on any atom is 0.228 e. The van der Waals surface area contributed by atoms with Gasteiger partial charge in [-0.15, -0.1) is 0 Å². The van der Waals surface area contributed by atoms with E-state index < -0.39 is 9.84 Å². The van der Waals surface area contributed by atoms with Crippen LogP contribution >= 0.6 is 0 Å². The summed E-state index contributed by atoms with van der Waals surface area (Å²) in [5, 5.41) is 8.50. The molecular formula is C33H33N5O3S. The first-order chi connectivity index (χ1) is 20.4. The molecule has 8 nitrogen and oxygen atoms in total. The molecule has 1 atom stereocenters. The number of nitrogens with one attached hydrogen (secondary N) is 2. The van der Waals surface area contributed by atoms with E-state index in [0.717, 1.165) is 59.0 Å². The van der Waals surface area contributed by atoms with Crippen molar-refractivity contribution in [3.8, 4) is 22.9 Å². The zero-order chi connectivity index (χ0) is 28.9. The van der Waals surface area contributed by atoms with E-state index in [1.54, 1.807) is 12.4 Å². The van der Waals surface area contributed by atoms with Gasteiger partial charge in [-0.1, -0.05) is 60.7 Å². The summed E-state index contributed by atoms with van der Waals surface area (Å²) in [5.74, 6) is 1.54. The molecule has 1 aliphatic rings. The third kappa shape index (κ3) is 6.42. The van der Waals surface area contributed by atoms with Crippen molar-refractivity contribution in [2.75, 3.05) is 18.4 Å². The molecular weight excluding hydrogens is 546 g/mol. The number of pyridine rings is 1. The highest BCUT2D eigenvalue weighted by Gasteiger charge is 2.20. The van der Waals surface area contributed by atoms with Gasteiger partial charge in [-0.2, -0.15) is 0 Å². The normalized spacial score (nSPS) is 15.4. The van der Waals surface area contributed by atoms with Gasteiger partial charge in [0, 0.05) is 30.4 Å². The molecule has 5 aromatic rings. The van der Waals surface area contributed by atoms with Crippen LogP contribution < -0.4 is 15.4 Å². The van der Waals surface area contributed by atoms with Crippen molar-refractivity contribution in [3.63, 3.8) is 0 Å². The van der Waals surface area contributed by atoms with Crippen molar-refractivity contribution in [2.45, 2.75) is 37.3 Å². The molecule has 214 valence electrons. The van der Waals surface area contributed by atoms with Crippen LogP contribution in [0.25, 0.3) is 22.0 Å². The Balaban J connectivity index is 1.31. The fourth-order valence-electron chi connectivity index (χ4n) is 5.45. The molecule has 2 N–H and O–H groups in total. The number of hydrogen-bond donors (Lipinski definition) is 2. The topological polar surface area (TPSA) is 106 Å². The number of rotatable bonds is 9. The van der Waals surface area contributed by atoms with Gasteiger partial charge in [-0.25, -0.2) is 23.4 Å². The van der Waals surface area contributed by atoms with Gasteiger partial charge >= 0.3 is 0 Å². The van der Waals surface area contributed by atoms with Crippen molar-refractivity contribution >= 4 is 26.6 Å². The minimum absolute atomic E-state index is 0.0101. The summed E-state index contributed by atoms with van der Waals surface area (Å²) in [5.41, 5.74) is 3.79. The maximum atomic E-state index is 13.2. The van der Waals surface area contributed by atoms with Gasteiger partial charge in [0.2, 0.25) is 11.8 Å². The number of sulfone groups is 1. The first-order valence-corrected chi connectivity index (χ1v) is 16.0. The Bertz CT molecular complexity index is 1810. The molecule has 3 heterocycles. The summed E-state index contributed by atoms with van der Waals surface area (Å²) in [6.07, 6.45) is 5.61. The predicted octanol–water partition coefficient (Wildman–Crippen LogP) is 6.07. The molecule has 3 aromatic carbocycles. The molecule has 0 spiro atoms. The van der Waals surface area contributed by atoms with Gasteiger partial charge in [0.05, 0.1) is 22.8 Å². The van der Waals surface area contributed by atoms with Gasteiger partial charge in [0.15, 0.2) is 9.84 Å². The second kappa shape index (κ2) is 12.3. The Hall–Kier alpha value is -4.34. The number of nitrogens with zero attached hydrogens (tertiary/aromatic N) is 3. The maximum absolute atomic E-state index is 13.2. The van der Waals surface area contributed by atoms with Crippen LogP contribution in [0.3, 0.4) is 0 Å². The summed E-state index contributed by atoms with van der Waals surface area (Å²) >= 11 is 0. The molecule has 6 rings (SSSR count). The van der Waals surface area contributed by atoms with Crippen LogP contribution in [-0.2, 0) is 21.3 Å². The van der Waals surface area contributed by atoms with E-state index >= 15 is 0 Å². The number of piperidine rings is 1. The predicted molar refractivity (Wildman–Crippen MR) is 166 cm³/mol. The fourth-order valence-corrected chi connectivity index (χ4v) is 6.96. The Morgan fingerprint density at radius 2 is 1.74 bits per heavy atom. The first kappa shape index (κ1) is 27.8. The van der Waals surface area contributed by atoms with Gasteiger partial charge < -0.3 is 15.4 Å². The number of hydrogen-bond acceptors (Lipinski definition) is 8. The SMILES string of the molecule is Cc1cc(CS(=O)(=O)Cc2ccccc2)c2ccccc2c1Oc1ncccc1-c1ccnc(N[C@H]2CCCNC2)n1. The van der Waals surface area contributed by atoms with Crippen molar-refractivity contribution in [1.29, 1.82) is 0 Å². The van der Waals surface area contributed by atoms with E-state index in [4.69, 9.17) is 9.72 Å². The number of fused-ring (bicyclic) bond motifs is 1. The smallest absolute Gasteiger partial charge is 0.228 e. The third-order valence-electron chi connectivity index (χ3n) is 7.40. The van der Waals surface area contributed by atoms with Crippen LogP contribution in [0.1, 0.15) is 29.5 Å². The highest BCUT2D eigenvalue weighted by Crippen LogP contribution is 2.38. The van der Waals surface area contributed by atoms with E-state index in [2.05, 4.69) is 20.6 Å². The van der Waals surface area contributed by atoms with E-state index in [9.17, 15) is 8.42 Å². The quantitative estimate of drug-likeness (QED) is 0.217. The number of aryl methyl sites for hydroxylation is 1. The fraction of sp³-hybridized carbons (Fsp3) is 0.242. The number of benzene rings is 3. The summed E-state index contributed by atoms with van der Waals surface area (Å²) in [4.78, 5) is 13.8. The highest BCUT2D eigenvalue weighted by atomic mass is 32.2. The molecule has 0 unspecified atom stereocenters. The third-order valence-corrected chi connectivity index (χ3v) is 8.93. The number of aromatic nitrogens is 3. The number of ether oxygens (including phenoxy) is 1. The first-order valence-electron chi connectivity index (χ1n) is 14.1. The molecule has 42 heavy (non-hydrogen) atoms. The van der Waals surface area contributed by atoms with Gasteiger partial charge in [0.25, 0.3) is 0 Å². The lowest BCUT2D eigenvalue weighted by Crippen LogP contribution is -2.38. The van der Waals surface area contributed by atoms with Crippen molar-refractivity contribution in [3.05, 3.63) is 108 Å². The van der Waals surface area contributed by atoms with Crippen LogP contribution in [0.2, 0.25) is 0 Å². The van der Waals surface area contributed by atoms with Gasteiger partial charge in [0.1, 0.15) is 5.75 Å². The lowest BCUT2D eigenvalue weighted by atomic mass is 10.0. The van der Waals surface area contributed by atoms with E-state index in [1.165, 1.54) is 0 Å². The molecule has 1 aliphatic heterocycles. The minimum Gasteiger partial charge on any atom is -0.437 e. The van der Waals surface area contributed by atoms with Crippen LogP contribution in [0.4, 0.5) is 5.95 Å². The lowest BCUT2D eigenvalue weighted by Gasteiger charge is -2.23. The Kier molecular flexibility index (Phi) is 8.12. The zero-order valence-corrected chi connectivity index (χ0v) is 24.3. The molecule has 1 fully saturated rings. The molecule has 0 aliphatic carbocycles. The van der Waals surface area contributed by atoms with Crippen molar-refractivity contribution in [2.24, 2.45) is 0 Å². The molecule has 9 heteroatoms. The number of anilines is 1. The van der Waals surface area contributed by atoms with Crippen LogP contribution in [0.15, 0.2) is 91.3 Å². The molecule has 1 saturated heterocycles. The van der Waals surface area contributed by atoms with Crippen LogP contribution in [-0.4, -0.2) is 42.5 Å². The van der Waals surface area contributed by atoms with Crippen LogP contribution in [0.5, 0.6) is 11.6 Å². The average molecular weight is 580 g/mol. The molecule has 0 bridgehead atoms.